The van der Waals surface area contributed by atoms with Crippen molar-refractivity contribution in [1.82, 2.24) is 0 Å². The molecule has 3 aliphatic rings. The van der Waals surface area contributed by atoms with Gasteiger partial charge in [-0.2, -0.15) is 0 Å². The van der Waals surface area contributed by atoms with Gasteiger partial charge in [0.2, 0.25) is 0 Å². The van der Waals surface area contributed by atoms with E-state index in [1.165, 1.54) is 24.0 Å². The van der Waals surface area contributed by atoms with E-state index in [0.29, 0.717) is 17.6 Å². The van der Waals surface area contributed by atoms with Gasteiger partial charge in [-0.05, 0) is 86.7 Å². The molecule has 1 N–H and O–H groups in total. The fourth-order valence-electron chi connectivity index (χ4n) is 5.07. The van der Waals surface area contributed by atoms with Crippen molar-refractivity contribution in [3.8, 4) is 0 Å². The summed E-state index contributed by atoms with van der Waals surface area (Å²) in [6.45, 7) is 11.1. The van der Waals surface area contributed by atoms with Crippen molar-refractivity contribution in [2.45, 2.75) is 84.8 Å². The Morgan fingerprint density at radius 1 is 1.24 bits per heavy atom. The van der Waals surface area contributed by atoms with Crippen LogP contribution in [0.1, 0.15) is 73.1 Å². The van der Waals surface area contributed by atoms with E-state index in [1.54, 1.807) is 0 Å². The second-order valence-corrected chi connectivity index (χ2v) is 9.71. The first-order chi connectivity index (χ1) is 11.7. The van der Waals surface area contributed by atoms with Crippen LogP contribution in [0.5, 0.6) is 0 Å². The van der Waals surface area contributed by atoms with Gasteiger partial charge in [0, 0.05) is 0 Å². The third-order valence-electron chi connectivity index (χ3n) is 6.76. The maximum Gasteiger partial charge on any atom is 0.116 e. The topological polar surface area (TPSA) is 29.5 Å². The molecule has 1 heterocycles. The molecule has 0 spiro atoms. The molecule has 4 atom stereocenters. The molecular weight excluding hydrogens is 376 g/mol. The molecule has 3 heteroatoms. The van der Waals surface area contributed by atoms with E-state index >= 15 is 0 Å². The van der Waals surface area contributed by atoms with Crippen LogP contribution >= 0.6 is 15.9 Å². The Labute approximate surface area is 161 Å². The van der Waals surface area contributed by atoms with E-state index in [9.17, 15) is 5.11 Å². The number of fused-ring (bicyclic) bond motifs is 3. The Hall–Kier alpha value is -0.540. The van der Waals surface area contributed by atoms with Crippen molar-refractivity contribution in [2.24, 2.45) is 17.3 Å². The summed E-state index contributed by atoms with van der Waals surface area (Å²) in [7, 11) is 0. The highest BCUT2D eigenvalue weighted by molar-refractivity contribution is 9.12. The van der Waals surface area contributed by atoms with Gasteiger partial charge in [0.15, 0.2) is 0 Å². The lowest BCUT2D eigenvalue weighted by molar-refractivity contribution is -0.202. The predicted molar refractivity (Wildman–Crippen MR) is 108 cm³/mol. The molecule has 0 aromatic carbocycles. The maximum absolute atomic E-state index is 11.2. The van der Waals surface area contributed by atoms with Gasteiger partial charge in [-0.15, -0.1) is 0 Å². The minimum Gasteiger partial charge on any atom is -0.510 e. The summed E-state index contributed by atoms with van der Waals surface area (Å²) >= 11 is 3.71. The molecule has 0 saturated carbocycles. The predicted octanol–water partition coefficient (Wildman–Crippen LogP) is 6.83. The first-order valence-electron chi connectivity index (χ1n) is 9.87. The monoisotopic (exact) mass is 408 g/mol. The van der Waals surface area contributed by atoms with Crippen molar-refractivity contribution >= 4 is 15.9 Å². The Morgan fingerprint density at radius 2 is 1.96 bits per heavy atom. The number of unbranched alkanes of at least 4 members (excludes halogenated alkanes) is 2. The molecule has 2 nitrogen and oxygen atoms in total. The largest absolute Gasteiger partial charge is 0.510 e. The smallest absolute Gasteiger partial charge is 0.116 e. The molecule has 25 heavy (non-hydrogen) atoms. The van der Waals surface area contributed by atoms with E-state index < -0.39 is 0 Å². The summed E-state index contributed by atoms with van der Waals surface area (Å²) in [5.41, 5.74) is 2.11. The third kappa shape index (κ3) is 3.16. The first kappa shape index (κ1) is 19.2. The molecule has 2 aliphatic carbocycles. The summed E-state index contributed by atoms with van der Waals surface area (Å²) in [4.78, 5) is 0. The van der Waals surface area contributed by atoms with Gasteiger partial charge in [0.25, 0.3) is 0 Å². The Balaban J connectivity index is 2.01. The minimum atomic E-state index is -0.380. The average Bonchev–Trinajstić information content (AvgIpc) is 2.55. The molecule has 1 saturated heterocycles. The molecule has 0 radical (unpaired) electrons. The van der Waals surface area contributed by atoms with Crippen LogP contribution in [0.4, 0.5) is 0 Å². The molecule has 2 unspecified atom stereocenters. The van der Waals surface area contributed by atoms with E-state index in [0.717, 1.165) is 30.2 Å². The van der Waals surface area contributed by atoms with Crippen molar-refractivity contribution in [1.29, 1.82) is 0 Å². The Morgan fingerprint density at radius 3 is 2.64 bits per heavy atom. The van der Waals surface area contributed by atoms with E-state index in [-0.39, 0.29) is 17.1 Å². The zero-order valence-corrected chi connectivity index (χ0v) is 17.9. The fraction of sp³-hybridized carbons (Fsp3) is 0.727. The lowest BCUT2D eigenvalue weighted by Crippen LogP contribution is -2.59. The van der Waals surface area contributed by atoms with Crippen LogP contribution in [-0.4, -0.2) is 16.8 Å². The molecule has 3 rings (SSSR count). The van der Waals surface area contributed by atoms with Gasteiger partial charge in [-0.25, -0.2) is 0 Å². The quantitative estimate of drug-likeness (QED) is 0.407. The van der Waals surface area contributed by atoms with Crippen LogP contribution in [0.2, 0.25) is 0 Å². The highest BCUT2D eigenvalue weighted by Crippen LogP contribution is 2.59. The molecule has 0 aromatic heterocycles. The van der Waals surface area contributed by atoms with Gasteiger partial charge in [0.05, 0.1) is 21.6 Å². The zero-order valence-electron chi connectivity index (χ0n) is 16.4. The number of hydrogen-bond donors (Lipinski definition) is 1. The molecule has 0 bridgehead atoms. The molecule has 1 aliphatic heterocycles. The highest BCUT2D eigenvalue weighted by Gasteiger charge is 2.58. The van der Waals surface area contributed by atoms with Crippen LogP contribution in [0.3, 0.4) is 0 Å². The standard InChI is InChI=1S/C22H33BrO2/c1-6-7-8-9-15-13-18-22(5,20(24)19(15)23)17-12-14(2)10-11-16(17)21(3,4)25-18/h12-13,16-18,24H,6-11H2,1-5H3/t16-,17-,18?,22?/m1/s1. The number of aliphatic hydroxyl groups is 1. The van der Waals surface area contributed by atoms with Crippen molar-refractivity contribution in [3.63, 3.8) is 0 Å². The molecule has 0 amide bonds. The van der Waals surface area contributed by atoms with Crippen LogP contribution < -0.4 is 0 Å². The van der Waals surface area contributed by atoms with E-state index in [2.05, 4.69) is 62.7 Å². The van der Waals surface area contributed by atoms with Gasteiger partial charge in [-0.1, -0.05) is 37.5 Å². The maximum atomic E-state index is 11.2. The van der Waals surface area contributed by atoms with Crippen LogP contribution in [0.25, 0.3) is 0 Å². The van der Waals surface area contributed by atoms with Crippen LogP contribution in [0, 0.1) is 17.3 Å². The number of aliphatic hydroxyl groups excluding tert-OH is 1. The number of rotatable bonds is 4. The molecule has 140 valence electrons. The van der Waals surface area contributed by atoms with Crippen molar-refractivity contribution < 1.29 is 9.84 Å². The molecular formula is C22H33BrO2. The van der Waals surface area contributed by atoms with Gasteiger partial charge < -0.3 is 9.84 Å². The van der Waals surface area contributed by atoms with Crippen LogP contribution in [0.15, 0.2) is 33.5 Å². The number of allylic oxidation sites excluding steroid dienone is 4. The minimum absolute atomic E-state index is 0.0659. The highest BCUT2D eigenvalue weighted by atomic mass is 79.9. The van der Waals surface area contributed by atoms with Crippen LogP contribution in [-0.2, 0) is 4.74 Å². The third-order valence-corrected chi connectivity index (χ3v) is 7.64. The lowest BCUT2D eigenvalue weighted by Gasteiger charge is -2.58. The van der Waals surface area contributed by atoms with E-state index in [4.69, 9.17) is 4.74 Å². The van der Waals surface area contributed by atoms with Crippen molar-refractivity contribution in [2.75, 3.05) is 0 Å². The van der Waals surface area contributed by atoms with Gasteiger partial charge in [0.1, 0.15) is 5.76 Å². The van der Waals surface area contributed by atoms with Crippen molar-refractivity contribution in [3.05, 3.63) is 33.5 Å². The summed E-state index contributed by atoms with van der Waals surface area (Å²) in [6, 6.07) is 0. The number of halogens is 1. The lowest BCUT2D eigenvalue weighted by atomic mass is 9.55. The summed E-state index contributed by atoms with van der Waals surface area (Å²) in [5.74, 6) is 1.24. The van der Waals surface area contributed by atoms with Gasteiger partial charge in [-0.3, -0.25) is 0 Å². The fourth-order valence-corrected chi connectivity index (χ4v) is 5.83. The second kappa shape index (κ2) is 6.88. The number of ether oxygens (including phenoxy) is 1. The van der Waals surface area contributed by atoms with Gasteiger partial charge >= 0.3 is 0 Å². The summed E-state index contributed by atoms with van der Waals surface area (Å²) < 4.78 is 7.52. The van der Waals surface area contributed by atoms with E-state index in [1.807, 2.05) is 0 Å². The molecule has 0 aromatic rings. The second-order valence-electron chi connectivity index (χ2n) is 8.92. The number of hydrogen-bond acceptors (Lipinski definition) is 2. The normalized spacial score (nSPS) is 37.1. The Bertz CT molecular complexity index is 628. The first-order valence-corrected chi connectivity index (χ1v) is 10.7. The summed E-state index contributed by atoms with van der Waals surface area (Å²) in [5, 5.41) is 11.2. The molecule has 1 fully saturated rings. The SMILES string of the molecule is CCCCCC1=CC2OC(C)(C)[C@@H]3CCC(C)=C[C@H]3C2(C)C(O)=C1Br. The summed E-state index contributed by atoms with van der Waals surface area (Å²) in [6.07, 6.45) is 11.5. The average molecular weight is 409 g/mol. The Kier molecular flexibility index (Phi) is 5.30. The zero-order chi connectivity index (χ0) is 18.4.